The van der Waals surface area contributed by atoms with Crippen LogP contribution in [0.25, 0.3) is 0 Å². The second-order valence-corrected chi connectivity index (χ2v) is 4.54. The molecule has 0 aliphatic heterocycles. The highest BCUT2D eigenvalue weighted by atomic mass is 79.9. The smallest absolute Gasteiger partial charge is 0.219 e. The number of hydrogen-bond acceptors (Lipinski definition) is 3. The van der Waals surface area contributed by atoms with Crippen LogP contribution in [0.4, 0.5) is 0 Å². The quantitative estimate of drug-likeness (QED) is 0.846. The largest absolute Gasteiger partial charge is 0.497 e. The second-order valence-electron chi connectivity index (χ2n) is 3.21. The summed E-state index contributed by atoms with van der Waals surface area (Å²) in [7, 11) is 1.59. The number of methoxy groups -OCH3 is 1. The third kappa shape index (κ3) is 3.11. The summed E-state index contributed by atoms with van der Waals surface area (Å²) >= 11 is 9.32. The lowest BCUT2D eigenvalue weighted by molar-refractivity contribution is 0.407. The molecule has 5 heteroatoms. The van der Waals surface area contributed by atoms with E-state index in [4.69, 9.17) is 21.1 Å². The van der Waals surface area contributed by atoms with E-state index in [0.717, 1.165) is 4.47 Å². The first-order valence-electron chi connectivity index (χ1n) is 4.82. The molecule has 0 saturated carbocycles. The Morgan fingerprint density at radius 1 is 1.24 bits per heavy atom. The summed E-state index contributed by atoms with van der Waals surface area (Å²) in [5.41, 5.74) is 0. The van der Waals surface area contributed by atoms with Gasteiger partial charge in [0.1, 0.15) is 5.75 Å². The van der Waals surface area contributed by atoms with Gasteiger partial charge >= 0.3 is 0 Å². The minimum Gasteiger partial charge on any atom is -0.497 e. The van der Waals surface area contributed by atoms with Gasteiger partial charge in [-0.15, -0.1) is 0 Å². The van der Waals surface area contributed by atoms with Gasteiger partial charge in [0.05, 0.1) is 12.1 Å². The molecule has 0 atom stereocenters. The van der Waals surface area contributed by atoms with Gasteiger partial charge in [-0.05, 0) is 34.1 Å². The fraction of sp³-hybridized carbons (Fsp3) is 0.0833. The maximum Gasteiger partial charge on any atom is 0.219 e. The second kappa shape index (κ2) is 5.38. The molecule has 0 spiro atoms. The van der Waals surface area contributed by atoms with E-state index in [1.165, 1.54) is 0 Å². The molecule has 0 amide bonds. The normalized spacial score (nSPS) is 10.1. The van der Waals surface area contributed by atoms with Crippen molar-refractivity contribution in [3.63, 3.8) is 0 Å². The zero-order valence-corrected chi connectivity index (χ0v) is 11.3. The van der Waals surface area contributed by atoms with Crippen molar-refractivity contribution in [1.82, 2.24) is 4.98 Å². The van der Waals surface area contributed by atoms with Crippen molar-refractivity contribution in [2.24, 2.45) is 0 Å². The van der Waals surface area contributed by atoms with E-state index in [-0.39, 0.29) is 0 Å². The average molecular weight is 315 g/mol. The number of benzene rings is 1. The van der Waals surface area contributed by atoms with Gasteiger partial charge in [-0.1, -0.05) is 11.6 Å². The standard InChI is InChI=1S/C12H9BrClNO2/c1-16-9-3-4-10(14)11(6-9)17-12-5-2-8(13)7-15-12/h2-7H,1H3. The van der Waals surface area contributed by atoms with Gasteiger partial charge in [0.15, 0.2) is 5.75 Å². The first-order chi connectivity index (χ1) is 8.19. The van der Waals surface area contributed by atoms with Crippen molar-refractivity contribution < 1.29 is 9.47 Å². The predicted molar refractivity (Wildman–Crippen MR) is 70.0 cm³/mol. The number of hydrogen-bond donors (Lipinski definition) is 0. The highest BCUT2D eigenvalue weighted by Gasteiger charge is 2.05. The molecule has 0 aliphatic carbocycles. The Morgan fingerprint density at radius 3 is 2.71 bits per heavy atom. The number of nitrogens with zero attached hydrogens (tertiary/aromatic N) is 1. The first-order valence-corrected chi connectivity index (χ1v) is 5.99. The van der Waals surface area contributed by atoms with Crippen molar-refractivity contribution in [2.75, 3.05) is 7.11 Å². The Labute approximate surface area is 112 Å². The van der Waals surface area contributed by atoms with E-state index in [9.17, 15) is 0 Å². The van der Waals surface area contributed by atoms with Crippen LogP contribution in [0.15, 0.2) is 41.0 Å². The Morgan fingerprint density at radius 2 is 2.06 bits per heavy atom. The van der Waals surface area contributed by atoms with Gasteiger partial charge in [0.2, 0.25) is 5.88 Å². The lowest BCUT2D eigenvalue weighted by Gasteiger charge is -2.08. The number of rotatable bonds is 3. The van der Waals surface area contributed by atoms with Gasteiger partial charge in [-0.2, -0.15) is 0 Å². The Hall–Kier alpha value is -1.26. The van der Waals surface area contributed by atoms with Gasteiger partial charge in [-0.25, -0.2) is 4.98 Å². The summed E-state index contributed by atoms with van der Waals surface area (Å²) in [4.78, 5) is 4.10. The van der Waals surface area contributed by atoms with Crippen LogP contribution in [-0.2, 0) is 0 Å². The van der Waals surface area contributed by atoms with Crippen LogP contribution >= 0.6 is 27.5 Å². The molecular formula is C12H9BrClNO2. The van der Waals surface area contributed by atoms with Crippen LogP contribution in [0.2, 0.25) is 5.02 Å². The third-order valence-corrected chi connectivity index (χ3v) is 2.83. The van der Waals surface area contributed by atoms with Crippen molar-refractivity contribution in [3.8, 4) is 17.4 Å². The van der Waals surface area contributed by atoms with Gasteiger partial charge in [0.25, 0.3) is 0 Å². The maximum absolute atomic E-state index is 6.02. The highest BCUT2D eigenvalue weighted by Crippen LogP contribution is 2.32. The van der Waals surface area contributed by atoms with Crippen molar-refractivity contribution in [2.45, 2.75) is 0 Å². The molecule has 17 heavy (non-hydrogen) atoms. The summed E-state index contributed by atoms with van der Waals surface area (Å²) in [5.74, 6) is 1.67. The molecule has 2 rings (SSSR count). The third-order valence-electron chi connectivity index (χ3n) is 2.05. The summed E-state index contributed by atoms with van der Waals surface area (Å²) in [5, 5.41) is 0.510. The minimum absolute atomic E-state index is 0.475. The van der Waals surface area contributed by atoms with Crippen molar-refractivity contribution in [3.05, 3.63) is 46.0 Å². The molecule has 0 radical (unpaired) electrons. The van der Waals surface area contributed by atoms with E-state index in [1.54, 1.807) is 37.6 Å². The van der Waals surface area contributed by atoms with Gasteiger partial charge in [-0.3, -0.25) is 0 Å². The molecule has 0 N–H and O–H groups in total. The van der Waals surface area contributed by atoms with E-state index in [2.05, 4.69) is 20.9 Å². The lowest BCUT2D eigenvalue weighted by Crippen LogP contribution is -1.89. The summed E-state index contributed by atoms with van der Waals surface area (Å²) in [6.45, 7) is 0. The Kier molecular flexibility index (Phi) is 3.86. The number of halogens is 2. The molecule has 0 aliphatic rings. The van der Waals surface area contributed by atoms with Crippen molar-refractivity contribution >= 4 is 27.5 Å². The lowest BCUT2D eigenvalue weighted by atomic mass is 10.3. The van der Waals surface area contributed by atoms with E-state index < -0.39 is 0 Å². The van der Waals surface area contributed by atoms with Crippen LogP contribution in [0.3, 0.4) is 0 Å². The molecule has 2 aromatic rings. The van der Waals surface area contributed by atoms with Crippen LogP contribution in [0.5, 0.6) is 17.4 Å². The minimum atomic E-state index is 0.475. The van der Waals surface area contributed by atoms with Crippen LogP contribution in [0.1, 0.15) is 0 Å². The monoisotopic (exact) mass is 313 g/mol. The Balaban J connectivity index is 2.25. The molecule has 0 fully saturated rings. The Bertz CT molecular complexity index is 516. The fourth-order valence-electron chi connectivity index (χ4n) is 1.22. The fourth-order valence-corrected chi connectivity index (χ4v) is 1.61. The molecule has 1 aromatic heterocycles. The molecule has 3 nitrogen and oxygen atoms in total. The number of pyridine rings is 1. The molecule has 88 valence electrons. The molecule has 1 aromatic carbocycles. The zero-order chi connectivity index (χ0) is 12.3. The van der Waals surface area contributed by atoms with Crippen LogP contribution in [-0.4, -0.2) is 12.1 Å². The molecule has 0 unspecified atom stereocenters. The van der Waals surface area contributed by atoms with Gasteiger partial charge in [0, 0.05) is 22.8 Å². The van der Waals surface area contributed by atoms with Crippen molar-refractivity contribution in [1.29, 1.82) is 0 Å². The zero-order valence-electron chi connectivity index (χ0n) is 8.98. The molecule has 1 heterocycles. The molecular weight excluding hydrogens is 305 g/mol. The number of aromatic nitrogens is 1. The summed E-state index contributed by atoms with van der Waals surface area (Å²) in [6.07, 6.45) is 1.66. The summed E-state index contributed by atoms with van der Waals surface area (Å²) in [6, 6.07) is 8.79. The predicted octanol–water partition coefficient (Wildman–Crippen LogP) is 4.30. The maximum atomic E-state index is 6.02. The topological polar surface area (TPSA) is 31.4 Å². The first kappa shape index (κ1) is 12.2. The van der Waals surface area contributed by atoms with E-state index in [1.807, 2.05) is 6.07 Å². The number of ether oxygens (including phenoxy) is 2. The molecule has 0 bridgehead atoms. The van der Waals surface area contributed by atoms with Crippen LogP contribution < -0.4 is 9.47 Å². The SMILES string of the molecule is COc1ccc(Cl)c(Oc2ccc(Br)cn2)c1. The highest BCUT2D eigenvalue weighted by molar-refractivity contribution is 9.10. The molecule has 0 saturated heterocycles. The van der Waals surface area contributed by atoms with Crippen LogP contribution in [0, 0.1) is 0 Å². The summed E-state index contributed by atoms with van der Waals surface area (Å²) < 4.78 is 11.6. The van der Waals surface area contributed by atoms with Gasteiger partial charge < -0.3 is 9.47 Å². The van der Waals surface area contributed by atoms with E-state index in [0.29, 0.717) is 22.4 Å². The average Bonchev–Trinajstić information content (AvgIpc) is 2.35. The van der Waals surface area contributed by atoms with E-state index >= 15 is 0 Å².